The Kier molecular flexibility index (Phi) is 6.80. The summed E-state index contributed by atoms with van der Waals surface area (Å²) >= 11 is 0. The molecule has 0 atom stereocenters. The number of fused-ring (bicyclic) bond motifs is 1. The molecule has 0 saturated carbocycles. The molecule has 2 heteroatoms. The van der Waals surface area contributed by atoms with E-state index in [-0.39, 0.29) is 45.6 Å². The molecule has 1 aliphatic carbocycles. The molecule has 0 aromatic carbocycles. The predicted octanol–water partition coefficient (Wildman–Crippen LogP) is 4.02. The van der Waals surface area contributed by atoms with Crippen molar-refractivity contribution in [1.29, 1.82) is 0 Å². The zero-order valence-electron chi connectivity index (χ0n) is 10.9. The minimum absolute atomic E-state index is 0. The van der Waals surface area contributed by atoms with Gasteiger partial charge in [-0.3, -0.25) is 4.98 Å². The van der Waals surface area contributed by atoms with Gasteiger partial charge in [-0.05, 0) is 29.0 Å². The molecule has 0 unspecified atom stereocenters. The quantitative estimate of drug-likeness (QED) is 0.769. The van der Waals surface area contributed by atoms with E-state index in [1.807, 2.05) is 12.3 Å². The summed E-state index contributed by atoms with van der Waals surface area (Å²) in [5.74, 6) is 0. The zero-order valence-corrected chi connectivity index (χ0v) is 13.7. The Morgan fingerprint density at radius 2 is 1.94 bits per heavy atom. The van der Waals surface area contributed by atoms with Crippen LogP contribution in [-0.2, 0) is 38.1 Å². The molecule has 0 saturated heterocycles. The molecule has 17 heavy (non-hydrogen) atoms. The molecule has 1 aliphatic rings. The Morgan fingerprint density at radius 3 is 2.47 bits per heavy atom. The SMILES string of the molecule is [CH2-]CC1(C[CH2-])C=C(CC)c2cccnc21.[CH3-].[Y+3]. The number of pyridine rings is 1. The standard InChI is InChI=1S/C14H17N.CH3.Y/c1-4-11-10-14(5-2,6-3)13-12(11)8-7-9-15-13;;/h7-10H,2-6H2,1H3;1H3;/q-2;-1;+3. The van der Waals surface area contributed by atoms with Crippen LogP contribution in [0.2, 0.25) is 0 Å². The third kappa shape index (κ3) is 2.71. The summed E-state index contributed by atoms with van der Waals surface area (Å²) in [6.07, 6.45) is 6.92. The van der Waals surface area contributed by atoms with Gasteiger partial charge in [0.05, 0.1) is 5.69 Å². The molecule has 0 fully saturated rings. The Hall–Kier alpha value is -0.00610. The monoisotopic (exact) mass is 303 g/mol. The van der Waals surface area contributed by atoms with E-state index in [1.165, 1.54) is 16.8 Å². The maximum atomic E-state index is 4.52. The Labute approximate surface area is 131 Å². The van der Waals surface area contributed by atoms with Crippen molar-refractivity contribution < 1.29 is 32.7 Å². The van der Waals surface area contributed by atoms with Gasteiger partial charge in [0.2, 0.25) is 0 Å². The van der Waals surface area contributed by atoms with Gasteiger partial charge in [0, 0.05) is 6.20 Å². The topological polar surface area (TPSA) is 12.9 Å². The number of hydrogen-bond acceptors (Lipinski definition) is 1. The molecule has 1 aromatic heterocycles. The fourth-order valence-corrected chi connectivity index (χ4v) is 2.34. The fourth-order valence-electron chi connectivity index (χ4n) is 2.34. The summed E-state index contributed by atoms with van der Waals surface area (Å²) in [7, 11) is 0. The van der Waals surface area contributed by atoms with E-state index in [4.69, 9.17) is 0 Å². The molecule has 0 bridgehead atoms. The van der Waals surface area contributed by atoms with Gasteiger partial charge in [0.1, 0.15) is 0 Å². The molecule has 1 heterocycles. The summed E-state index contributed by atoms with van der Waals surface area (Å²) in [4.78, 5) is 4.52. The van der Waals surface area contributed by atoms with Crippen LogP contribution in [0.4, 0.5) is 0 Å². The first-order valence-corrected chi connectivity index (χ1v) is 5.53. The molecule has 0 N–H and O–H groups in total. The second-order valence-corrected chi connectivity index (χ2v) is 4.08. The van der Waals surface area contributed by atoms with Gasteiger partial charge in [0.15, 0.2) is 0 Å². The zero-order chi connectivity index (χ0) is 10.9. The summed E-state index contributed by atoms with van der Waals surface area (Å²) in [6, 6.07) is 4.16. The number of aromatic nitrogens is 1. The van der Waals surface area contributed by atoms with Crippen molar-refractivity contribution >= 4 is 5.57 Å². The Balaban J connectivity index is 0.00000128. The molecular weight excluding hydrogens is 283 g/mol. The van der Waals surface area contributed by atoms with Crippen molar-refractivity contribution in [3.8, 4) is 0 Å². The van der Waals surface area contributed by atoms with E-state index in [1.54, 1.807) is 0 Å². The van der Waals surface area contributed by atoms with Crippen LogP contribution in [0.5, 0.6) is 0 Å². The smallest absolute Gasteiger partial charge is 0.358 e. The molecule has 88 valence electrons. The molecule has 0 amide bonds. The van der Waals surface area contributed by atoms with Gasteiger partial charge in [0.25, 0.3) is 0 Å². The first kappa shape index (κ1) is 17.0. The normalized spacial score (nSPS) is 15.4. The van der Waals surface area contributed by atoms with Crippen LogP contribution in [0.25, 0.3) is 5.57 Å². The second-order valence-electron chi connectivity index (χ2n) is 4.08. The van der Waals surface area contributed by atoms with Crippen molar-refractivity contribution in [3.05, 3.63) is 56.9 Å². The molecule has 2 rings (SSSR count). The number of allylic oxidation sites excluding steroid dienone is 2. The molecule has 1 aromatic rings. The van der Waals surface area contributed by atoms with E-state index >= 15 is 0 Å². The van der Waals surface area contributed by atoms with Gasteiger partial charge in [-0.15, -0.1) is 0 Å². The molecule has 0 spiro atoms. The molecule has 0 aliphatic heterocycles. The van der Waals surface area contributed by atoms with Gasteiger partial charge in [-0.1, -0.05) is 19.1 Å². The van der Waals surface area contributed by atoms with Crippen LogP contribution in [-0.4, -0.2) is 4.98 Å². The summed E-state index contributed by atoms with van der Waals surface area (Å²) < 4.78 is 0. The molecular formula is C15H20NY. The Bertz CT molecular complexity index is 392. The number of rotatable bonds is 3. The summed E-state index contributed by atoms with van der Waals surface area (Å²) in [6.45, 7) is 10.3. The maximum Gasteiger partial charge on any atom is 3.00 e. The van der Waals surface area contributed by atoms with E-state index in [0.717, 1.165) is 19.3 Å². The summed E-state index contributed by atoms with van der Waals surface area (Å²) in [5, 5.41) is 0. The average Bonchev–Trinajstić information content (AvgIpc) is 2.64. The second kappa shape index (κ2) is 6.80. The van der Waals surface area contributed by atoms with Gasteiger partial charge in [-0.25, -0.2) is 0 Å². The van der Waals surface area contributed by atoms with E-state index < -0.39 is 0 Å². The van der Waals surface area contributed by atoms with E-state index in [0.29, 0.717) is 0 Å². The average molecular weight is 303 g/mol. The number of hydrogen-bond donors (Lipinski definition) is 0. The third-order valence-electron chi connectivity index (χ3n) is 3.35. The van der Waals surface area contributed by atoms with Crippen LogP contribution in [0, 0.1) is 21.3 Å². The van der Waals surface area contributed by atoms with Crippen LogP contribution < -0.4 is 0 Å². The van der Waals surface area contributed by atoms with Crippen molar-refractivity contribution in [2.24, 2.45) is 0 Å². The minimum atomic E-state index is -0.0120. The third-order valence-corrected chi connectivity index (χ3v) is 3.35. The van der Waals surface area contributed by atoms with Crippen LogP contribution in [0.1, 0.15) is 37.4 Å². The van der Waals surface area contributed by atoms with Gasteiger partial charge >= 0.3 is 32.7 Å². The van der Waals surface area contributed by atoms with E-state index in [9.17, 15) is 0 Å². The number of nitrogens with zero attached hydrogens (tertiary/aromatic N) is 1. The fraction of sp³-hybridized carbons (Fsp3) is 0.333. The van der Waals surface area contributed by atoms with Crippen molar-refractivity contribution in [2.75, 3.05) is 0 Å². The first-order chi connectivity index (χ1) is 7.27. The largest absolute Gasteiger partial charge is 3.00 e. The summed E-state index contributed by atoms with van der Waals surface area (Å²) in [5.41, 5.74) is 3.85. The van der Waals surface area contributed by atoms with Crippen LogP contribution >= 0.6 is 0 Å². The van der Waals surface area contributed by atoms with Crippen molar-refractivity contribution in [2.45, 2.75) is 31.6 Å². The van der Waals surface area contributed by atoms with Crippen LogP contribution in [0.15, 0.2) is 24.4 Å². The van der Waals surface area contributed by atoms with Crippen LogP contribution in [0.3, 0.4) is 0 Å². The van der Waals surface area contributed by atoms with E-state index in [2.05, 4.69) is 37.9 Å². The molecule has 0 radical (unpaired) electrons. The van der Waals surface area contributed by atoms with Gasteiger partial charge < -0.3 is 21.3 Å². The van der Waals surface area contributed by atoms with Crippen molar-refractivity contribution in [1.82, 2.24) is 4.98 Å². The minimum Gasteiger partial charge on any atom is -0.358 e. The first-order valence-electron chi connectivity index (χ1n) is 5.53. The molecule has 1 nitrogen and oxygen atoms in total. The Morgan fingerprint density at radius 1 is 1.29 bits per heavy atom. The maximum absolute atomic E-state index is 4.52. The van der Waals surface area contributed by atoms with Crippen molar-refractivity contribution in [3.63, 3.8) is 0 Å². The predicted molar refractivity (Wildman–Crippen MR) is 70.5 cm³/mol. The van der Waals surface area contributed by atoms with Gasteiger partial charge in [-0.2, -0.15) is 12.8 Å².